The van der Waals surface area contributed by atoms with Crippen LogP contribution in [0.1, 0.15) is 39.7 Å². The van der Waals surface area contributed by atoms with E-state index in [1.54, 1.807) is 27.7 Å². The smallest absolute Gasteiger partial charge is 0.336 e. The lowest BCUT2D eigenvalue weighted by molar-refractivity contribution is -0.172. The molecule has 0 aromatic heterocycles. The number of carbonyl (C=O) groups is 2. The number of halogens is 1. The van der Waals surface area contributed by atoms with Crippen molar-refractivity contribution in [3.63, 3.8) is 0 Å². The maximum atomic E-state index is 12.8. The minimum atomic E-state index is -3.79. The van der Waals surface area contributed by atoms with E-state index < -0.39 is 33.6 Å². The molecule has 1 rings (SSSR count). The van der Waals surface area contributed by atoms with Gasteiger partial charge in [-0.3, -0.25) is 8.98 Å². The maximum absolute atomic E-state index is 12.8. The fourth-order valence-electron chi connectivity index (χ4n) is 2.50. The van der Waals surface area contributed by atoms with Crippen molar-refractivity contribution in [2.75, 3.05) is 31.5 Å². The van der Waals surface area contributed by atoms with E-state index in [0.717, 1.165) is 5.56 Å². The van der Waals surface area contributed by atoms with Crippen LogP contribution in [0.2, 0.25) is 0 Å². The Labute approximate surface area is 195 Å². The number of carbonyl (C=O) groups excluding carboxylic acids is 2. The Balaban J connectivity index is 2.80. The highest BCUT2D eigenvalue weighted by Crippen LogP contribution is 2.27. The van der Waals surface area contributed by atoms with E-state index in [1.165, 1.54) is 0 Å². The first-order valence-electron chi connectivity index (χ1n) is 10.4. The summed E-state index contributed by atoms with van der Waals surface area (Å²) < 4.78 is 45.3. The number of hydrogen-bond acceptors (Lipinski definition) is 8. The Morgan fingerprint density at radius 1 is 1.03 bits per heavy atom. The number of benzene rings is 1. The normalized spacial score (nSPS) is 13.1. The van der Waals surface area contributed by atoms with Crippen molar-refractivity contribution in [1.82, 2.24) is 0 Å². The van der Waals surface area contributed by atoms with E-state index >= 15 is 0 Å². The number of esters is 2. The van der Waals surface area contributed by atoms with E-state index in [9.17, 15) is 18.0 Å². The Morgan fingerprint density at radius 3 is 2.19 bits per heavy atom. The maximum Gasteiger partial charge on any atom is 0.336 e. The highest BCUT2D eigenvalue weighted by atomic mass is 35.5. The molecule has 0 saturated carbocycles. The van der Waals surface area contributed by atoms with Gasteiger partial charge in [0.15, 0.2) is 6.10 Å². The number of rotatable bonds is 15. The zero-order valence-corrected chi connectivity index (χ0v) is 20.6. The third kappa shape index (κ3) is 10.8. The highest BCUT2D eigenvalue weighted by Gasteiger charge is 2.39. The average Bonchev–Trinajstić information content (AvgIpc) is 2.74. The van der Waals surface area contributed by atoms with Crippen LogP contribution >= 0.6 is 11.6 Å². The van der Waals surface area contributed by atoms with E-state index in [2.05, 4.69) is 0 Å². The van der Waals surface area contributed by atoms with Crippen LogP contribution in [0.4, 0.5) is 0 Å². The molecule has 8 nitrogen and oxygen atoms in total. The fourth-order valence-corrected chi connectivity index (χ4v) is 3.89. The second-order valence-electron chi connectivity index (χ2n) is 8.22. The number of hydrogen-bond donors (Lipinski definition) is 0. The van der Waals surface area contributed by atoms with Gasteiger partial charge in [-0.05, 0) is 12.0 Å². The quantitative estimate of drug-likeness (QED) is 0.159. The minimum Gasteiger partial charge on any atom is -0.462 e. The Kier molecular flexibility index (Phi) is 12.2. The Morgan fingerprint density at radius 2 is 1.62 bits per heavy atom. The van der Waals surface area contributed by atoms with Gasteiger partial charge in [0.25, 0.3) is 10.1 Å². The van der Waals surface area contributed by atoms with Crippen molar-refractivity contribution in [2.45, 2.75) is 46.8 Å². The van der Waals surface area contributed by atoms with Crippen LogP contribution < -0.4 is 0 Å². The molecule has 1 aromatic rings. The van der Waals surface area contributed by atoms with Crippen LogP contribution in [-0.2, 0) is 44.7 Å². The largest absolute Gasteiger partial charge is 0.462 e. The fraction of sp³-hybridized carbons (Fsp3) is 0.636. The summed E-state index contributed by atoms with van der Waals surface area (Å²) in [6.45, 7) is 6.31. The molecule has 0 aliphatic carbocycles. The molecule has 0 heterocycles. The van der Waals surface area contributed by atoms with Crippen molar-refractivity contribution in [3.05, 3.63) is 35.9 Å². The van der Waals surface area contributed by atoms with Crippen LogP contribution in [0.5, 0.6) is 0 Å². The topological polar surface area (TPSA) is 105 Å². The molecule has 0 saturated heterocycles. The molecular formula is C22H33ClO8S. The van der Waals surface area contributed by atoms with Crippen LogP contribution in [0, 0.1) is 11.3 Å². The summed E-state index contributed by atoms with van der Waals surface area (Å²) in [4.78, 5) is 24.3. The molecule has 0 unspecified atom stereocenters. The van der Waals surface area contributed by atoms with Gasteiger partial charge in [0.1, 0.15) is 13.2 Å². The van der Waals surface area contributed by atoms with Gasteiger partial charge >= 0.3 is 11.9 Å². The molecule has 10 heteroatoms. The van der Waals surface area contributed by atoms with Crippen LogP contribution in [0.15, 0.2) is 30.3 Å². The first kappa shape index (κ1) is 28.4. The summed E-state index contributed by atoms with van der Waals surface area (Å²) >= 11 is 5.55. The van der Waals surface area contributed by atoms with Crippen molar-refractivity contribution in [2.24, 2.45) is 11.3 Å². The van der Waals surface area contributed by atoms with E-state index in [4.69, 9.17) is 30.0 Å². The lowest BCUT2D eigenvalue weighted by Crippen LogP contribution is -2.44. The van der Waals surface area contributed by atoms with Gasteiger partial charge in [0.05, 0.1) is 24.9 Å². The lowest BCUT2D eigenvalue weighted by Gasteiger charge is -2.32. The molecule has 0 aliphatic rings. The minimum absolute atomic E-state index is 0.0854. The summed E-state index contributed by atoms with van der Waals surface area (Å²) in [5.41, 5.74) is -0.197. The predicted molar refractivity (Wildman–Crippen MR) is 121 cm³/mol. The SMILES string of the molecule is CC(C)C(=O)OCCOC(=O)[C@H](OCc1ccccc1)C(C)(C)COS(=O)(=O)CCCCl. The van der Waals surface area contributed by atoms with Gasteiger partial charge in [-0.2, -0.15) is 8.42 Å². The van der Waals surface area contributed by atoms with Gasteiger partial charge in [0, 0.05) is 11.3 Å². The molecule has 1 aromatic carbocycles. The van der Waals surface area contributed by atoms with Crippen LogP contribution in [0.25, 0.3) is 0 Å². The summed E-state index contributed by atoms with van der Waals surface area (Å²) in [6, 6.07) is 9.22. The zero-order chi connectivity index (χ0) is 24.2. The zero-order valence-electron chi connectivity index (χ0n) is 19.0. The van der Waals surface area contributed by atoms with Gasteiger partial charge < -0.3 is 14.2 Å². The van der Waals surface area contributed by atoms with Crippen molar-refractivity contribution < 1.29 is 36.4 Å². The Bertz CT molecular complexity index is 808. The Hall–Kier alpha value is -1.68. The second kappa shape index (κ2) is 13.8. The molecule has 182 valence electrons. The number of ether oxygens (including phenoxy) is 3. The van der Waals surface area contributed by atoms with Crippen molar-refractivity contribution in [3.8, 4) is 0 Å². The summed E-state index contributed by atoms with van der Waals surface area (Å²) in [7, 11) is -3.79. The third-order valence-corrected chi connectivity index (χ3v) is 5.90. The molecule has 0 aliphatic heterocycles. The standard InChI is InChI=1S/C22H33ClO8S/c1-17(2)20(24)28-12-13-29-21(25)19(30-15-18-9-6-5-7-10-18)22(3,4)16-31-32(26,27)14-8-11-23/h5-7,9-10,17,19H,8,11-16H2,1-4H3/t19-/m0/s1. The average molecular weight is 493 g/mol. The molecule has 0 bridgehead atoms. The molecule has 0 radical (unpaired) electrons. The van der Waals surface area contributed by atoms with Gasteiger partial charge in [-0.25, -0.2) is 4.79 Å². The summed E-state index contributed by atoms with van der Waals surface area (Å²) in [5, 5.41) is 0. The van der Waals surface area contributed by atoms with Gasteiger partial charge in [0.2, 0.25) is 0 Å². The number of alkyl halides is 1. The highest BCUT2D eigenvalue weighted by molar-refractivity contribution is 7.86. The molecule has 32 heavy (non-hydrogen) atoms. The van der Waals surface area contributed by atoms with Crippen molar-refractivity contribution >= 4 is 33.7 Å². The molecule has 0 fully saturated rings. The molecule has 0 spiro atoms. The first-order chi connectivity index (χ1) is 15.0. The second-order valence-corrected chi connectivity index (χ2v) is 10.4. The third-order valence-electron chi connectivity index (χ3n) is 4.37. The monoisotopic (exact) mass is 492 g/mol. The first-order valence-corrected chi connectivity index (χ1v) is 12.5. The summed E-state index contributed by atoms with van der Waals surface area (Å²) in [5.74, 6) is -1.40. The van der Waals surface area contributed by atoms with Crippen molar-refractivity contribution in [1.29, 1.82) is 0 Å². The predicted octanol–water partition coefficient (Wildman–Crippen LogP) is 3.32. The van der Waals surface area contributed by atoms with E-state index in [0.29, 0.717) is 0 Å². The lowest BCUT2D eigenvalue weighted by atomic mass is 9.87. The summed E-state index contributed by atoms with van der Waals surface area (Å²) in [6.07, 6.45) is -0.859. The van der Waals surface area contributed by atoms with Gasteiger partial charge in [-0.1, -0.05) is 58.0 Å². The van der Waals surface area contributed by atoms with E-state index in [1.807, 2.05) is 30.3 Å². The van der Waals surface area contributed by atoms with Crippen LogP contribution in [0.3, 0.4) is 0 Å². The van der Waals surface area contributed by atoms with E-state index in [-0.39, 0.29) is 50.4 Å². The molecule has 0 amide bonds. The molecule has 0 N–H and O–H groups in total. The van der Waals surface area contributed by atoms with Crippen LogP contribution in [-0.4, -0.2) is 57.9 Å². The molecular weight excluding hydrogens is 460 g/mol. The molecule has 1 atom stereocenters. The van der Waals surface area contributed by atoms with Gasteiger partial charge in [-0.15, -0.1) is 11.6 Å².